The topological polar surface area (TPSA) is 54.7 Å². The molecular weight excluding hydrogens is 302 g/mol. The van der Waals surface area contributed by atoms with Gasteiger partial charge >= 0.3 is 0 Å². The van der Waals surface area contributed by atoms with E-state index < -0.39 is 0 Å². The molecule has 0 unspecified atom stereocenters. The summed E-state index contributed by atoms with van der Waals surface area (Å²) in [6.45, 7) is 2.12. The molecule has 0 saturated heterocycles. The van der Waals surface area contributed by atoms with Crippen molar-refractivity contribution in [2.75, 3.05) is 5.73 Å². The van der Waals surface area contributed by atoms with Crippen molar-refractivity contribution >= 4 is 33.3 Å². The first-order valence-electron chi connectivity index (χ1n) is 5.41. The molecule has 2 aromatic rings. The summed E-state index contributed by atoms with van der Waals surface area (Å²) in [6.07, 6.45) is 1.94. The van der Waals surface area contributed by atoms with Crippen LogP contribution in [-0.4, -0.2) is 10.2 Å². The number of aromatic amines is 1. The number of nitrogens with zero attached hydrogens (tertiary/aromatic N) is 1. The average Bonchev–Trinajstić information content (AvgIpc) is 2.66. The van der Waals surface area contributed by atoms with Crippen molar-refractivity contribution in [2.45, 2.75) is 19.8 Å². The molecule has 17 heavy (non-hydrogen) atoms. The zero-order valence-electron chi connectivity index (χ0n) is 9.43. The molecule has 1 heterocycles. The molecule has 3 nitrogen and oxygen atoms in total. The van der Waals surface area contributed by atoms with Gasteiger partial charge in [-0.25, -0.2) is 0 Å². The number of nitrogens with two attached hydrogens (primary N) is 1. The van der Waals surface area contributed by atoms with Crippen LogP contribution in [0.4, 0.5) is 5.82 Å². The monoisotopic (exact) mass is 313 g/mol. The lowest BCUT2D eigenvalue weighted by Crippen LogP contribution is -1.92. The molecule has 0 fully saturated rings. The van der Waals surface area contributed by atoms with E-state index in [1.165, 1.54) is 0 Å². The van der Waals surface area contributed by atoms with Gasteiger partial charge in [-0.15, -0.1) is 0 Å². The summed E-state index contributed by atoms with van der Waals surface area (Å²) in [5.41, 5.74) is 8.87. The van der Waals surface area contributed by atoms with Gasteiger partial charge in [-0.05, 0) is 34.5 Å². The van der Waals surface area contributed by atoms with Crippen LogP contribution in [0.15, 0.2) is 22.7 Å². The number of hydrogen-bond donors (Lipinski definition) is 2. The fourth-order valence-corrected chi connectivity index (χ4v) is 2.20. The number of halogens is 2. The second kappa shape index (κ2) is 5.10. The predicted molar refractivity (Wildman–Crippen MR) is 75.1 cm³/mol. The Morgan fingerprint density at radius 1 is 1.47 bits per heavy atom. The number of H-pyrrole nitrogens is 1. The molecule has 5 heteroatoms. The maximum absolute atomic E-state index is 6.09. The lowest BCUT2D eigenvalue weighted by atomic mass is 10.0. The van der Waals surface area contributed by atoms with E-state index in [2.05, 4.69) is 33.1 Å². The van der Waals surface area contributed by atoms with E-state index in [-0.39, 0.29) is 0 Å². The highest BCUT2D eigenvalue weighted by molar-refractivity contribution is 9.10. The molecule has 1 aromatic carbocycles. The molecule has 0 aliphatic rings. The molecule has 2 rings (SSSR count). The number of anilines is 1. The molecular formula is C12H13BrClN3. The van der Waals surface area contributed by atoms with E-state index >= 15 is 0 Å². The summed E-state index contributed by atoms with van der Waals surface area (Å²) in [5.74, 6) is 0.570. The summed E-state index contributed by atoms with van der Waals surface area (Å²) in [5, 5.41) is 7.71. The highest BCUT2D eigenvalue weighted by atomic mass is 79.9. The normalized spacial score (nSPS) is 10.8. The van der Waals surface area contributed by atoms with Crippen LogP contribution in [0.1, 0.15) is 18.9 Å². The third-order valence-corrected chi connectivity index (χ3v) is 3.84. The Balaban J connectivity index is 2.48. The van der Waals surface area contributed by atoms with Crippen LogP contribution in [0.3, 0.4) is 0 Å². The lowest BCUT2D eigenvalue weighted by Gasteiger charge is -2.04. The van der Waals surface area contributed by atoms with Gasteiger partial charge in [0.25, 0.3) is 0 Å². The SMILES string of the molecule is CCCc1c(N)n[nH]c1-c1ccc(Br)c(Cl)c1. The maximum Gasteiger partial charge on any atom is 0.149 e. The van der Waals surface area contributed by atoms with Crippen molar-refractivity contribution < 1.29 is 0 Å². The smallest absolute Gasteiger partial charge is 0.149 e. The van der Waals surface area contributed by atoms with Gasteiger partial charge < -0.3 is 5.73 Å². The van der Waals surface area contributed by atoms with Gasteiger partial charge in [0.05, 0.1) is 10.7 Å². The standard InChI is InChI=1S/C12H13BrClN3/c1-2-3-8-11(16-17-12(8)15)7-4-5-9(13)10(14)6-7/h4-6H,2-3H2,1H3,(H3,15,16,17). The molecule has 0 saturated carbocycles. The van der Waals surface area contributed by atoms with Gasteiger partial charge in [-0.1, -0.05) is 31.0 Å². The van der Waals surface area contributed by atoms with Crippen LogP contribution in [0.5, 0.6) is 0 Å². The van der Waals surface area contributed by atoms with E-state index in [4.69, 9.17) is 17.3 Å². The second-order valence-electron chi connectivity index (χ2n) is 3.84. The van der Waals surface area contributed by atoms with E-state index in [9.17, 15) is 0 Å². The van der Waals surface area contributed by atoms with Crippen LogP contribution in [0, 0.1) is 0 Å². The van der Waals surface area contributed by atoms with Crippen molar-refractivity contribution in [3.63, 3.8) is 0 Å². The molecule has 0 aliphatic heterocycles. The maximum atomic E-state index is 6.09. The van der Waals surface area contributed by atoms with Gasteiger partial charge in [0.15, 0.2) is 0 Å². The zero-order chi connectivity index (χ0) is 12.4. The largest absolute Gasteiger partial charge is 0.382 e. The Morgan fingerprint density at radius 2 is 2.24 bits per heavy atom. The molecule has 0 atom stereocenters. The van der Waals surface area contributed by atoms with Crippen molar-refractivity contribution in [3.05, 3.63) is 33.3 Å². The van der Waals surface area contributed by atoms with Crippen LogP contribution >= 0.6 is 27.5 Å². The van der Waals surface area contributed by atoms with Gasteiger partial charge in [-0.3, -0.25) is 5.10 Å². The Labute approximate surface area is 113 Å². The highest BCUT2D eigenvalue weighted by Gasteiger charge is 2.12. The molecule has 0 amide bonds. The Morgan fingerprint density at radius 3 is 2.88 bits per heavy atom. The number of aromatic nitrogens is 2. The minimum Gasteiger partial charge on any atom is -0.382 e. The van der Waals surface area contributed by atoms with Gasteiger partial charge in [-0.2, -0.15) is 5.10 Å². The van der Waals surface area contributed by atoms with Crippen LogP contribution in [0.25, 0.3) is 11.3 Å². The highest BCUT2D eigenvalue weighted by Crippen LogP contribution is 2.31. The third-order valence-electron chi connectivity index (χ3n) is 2.61. The first-order valence-corrected chi connectivity index (χ1v) is 6.58. The lowest BCUT2D eigenvalue weighted by molar-refractivity contribution is 0.927. The fraction of sp³-hybridized carbons (Fsp3) is 0.250. The second-order valence-corrected chi connectivity index (χ2v) is 5.10. The van der Waals surface area contributed by atoms with Crippen molar-refractivity contribution in [1.82, 2.24) is 10.2 Å². The average molecular weight is 315 g/mol. The molecule has 0 spiro atoms. The van der Waals surface area contributed by atoms with E-state index in [0.717, 1.165) is 34.1 Å². The van der Waals surface area contributed by atoms with Crippen LogP contribution in [-0.2, 0) is 6.42 Å². The Kier molecular flexibility index (Phi) is 3.74. The molecule has 0 radical (unpaired) electrons. The van der Waals surface area contributed by atoms with Crippen molar-refractivity contribution in [3.8, 4) is 11.3 Å². The fourth-order valence-electron chi connectivity index (χ4n) is 1.77. The minimum absolute atomic E-state index is 0.570. The number of rotatable bonds is 3. The summed E-state index contributed by atoms with van der Waals surface area (Å²) in [4.78, 5) is 0. The van der Waals surface area contributed by atoms with Crippen LogP contribution < -0.4 is 5.73 Å². The summed E-state index contributed by atoms with van der Waals surface area (Å²) in [7, 11) is 0. The summed E-state index contributed by atoms with van der Waals surface area (Å²) < 4.78 is 0.882. The quantitative estimate of drug-likeness (QED) is 0.898. The first kappa shape index (κ1) is 12.5. The molecule has 3 N–H and O–H groups in total. The molecule has 90 valence electrons. The van der Waals surface area contributed by atoms with Crippen molar-refractivity contribution in [2.24, 2.45) is 0 Å². The van der Waals surface area contributed by atoms with E-state index in [1.54, 1.807) is 0 Å². The van der Waals surface area contributed by atoms with E-state index in [0.29, 0.717) is 10.8 Å². The Hall–Kier alpha value is -1.000. The molecule has 1 aromatic heterocycles. The number of hydrogen-bond acceptors (Lipinski definition) is 2. The Bertz CT molecular complexity index is 537. The molecule has 0 bridgehead atoms. The first-order chi connectivity index (χ1) is 8.13. The van der Waals surface area contributed by atoms with Crippen LogP contribution in [0.2, 0.25) is 5.02 Å². The molecule has 0 aliphatic carbocycles. The van der Waals surface area contributed by atoms with Gasteiger partial charge in [0.2, 0.25) is 0 Å². The summed E-state index contributed by atoms with van der Waals surface area (Å²) >= 11 is 9.46. The predicted octanol–water partition coefficient (Wildman–Crippen LogP) is 4.03. The zero-order valence-corrected chi connectivity index (χ0v) is 11.8. The van der Waals surface area contributed by atoms with Gasteiger partial charge in [0.1, 0.15) is 5.82 Å². The van der Waals surface area contributed by atoms with E-state index in [1.807, 2.05) is 18.2 Å². The third kappa shape index (κ3) is 2.48. The van der Waals surface area contributed by atoms with Crippen molar-refractivity contribution in [1.29, 1.82) is 0 Å². The number of benzene rings is 1. The summed E-state index contributed by atoms with van der Waals surface area (Å²) in [6, 6.07) is 5.81. The number of nitrogen functional groups attached to an aromatic ring is 1. The number of nitrogens with one attached hydrogen (secondary N) is 1. The van der Waals surface area contributed by atoms with Gasteiger partial charge in [0, 0.05) is 15.6 Å². The minimum atomic E-state index is 0.570.